The predicted molar refractivity (Wildman–Crippen MR) is 88.3 cm³/mol. The number of halogens is 2. The second-order valence-corrected chi connectivity index (χ2v) is 7.23. The fourth-order valence-electron chi connectivity index (χ4n) is 1.95. The summed E-state index contributed by atoms with van der Waals surface area (Å²) in [4.78, 5) is 6.70. The summed E-state index contributed by atoms with van der Waals surface area (Å²) < 4.78 is 2.04. The van der Waals surface area contributed by atoms with E-state index in [9.17, 15) is 0 Å². The Morgan fingerprint density at radius 3 is 2.53 bits per heavy atom. The van der Waals surface area contributed by atoms with Gasteiger partial charge in [-0.15, -0.1) is 0 Å². The van der Waals surface area contributed by atoms with Gasteiger partial charge in [0.05, 0.1) is 5.69 Å². The second kappa shape index (κ2) is 8.35. The Kier molecular flexibility index (Phi) is 7.50. The van der Waals surface area contributed by atoms with Crippen LogP contribution in [0.5, 0.6) is 0 Å². The maximum absolute atomic E-state index is 4.41. The monoisotopic (exact) mass is 391 g/mol. The number of hydrogen-bond acceptors (Lipinski definition) is 3. The molecule has 0 aliphatic heterocycles. The van der Waals surface area contributed by atoms with Crippen LogP contribution >= 0.6 is 31.9 Å². The molecular formula is C14H23Br2N3. The largest absolute Gasteiger partial charge is 0.310 e. The summed E-state index contributed by atoms with van der Waals surface area (Å²) in [5, 5.41) is 3.50. The van der Waals surface area contributed by atoms with E-state index in [4.69, 9.17) is 0 Å². The first kappa shape index (κ1) is 17.1. The van der Waals surface area contributed by atoms with E-state index in [0.717, 1.165) is 27.7 Å². The molecule has 0 saturated heterocycles. The number of pyridine rings is 1. The Hall–Kier alpha value is 0.0300. The van der Waals surface area contributed by atoms with Gasteiger partial charge in [-0.3, -0.25) is 4.98 Å². The summed E-state index contributed by atoms with van der Waals surface area (Å²) in [6.07, 6.45) is 3.04. The molecule has 0 aliphatic carbocycles. The van der Waals surface area contributed by atoms with E-state index in [1.807, 2.05) is 12.3 Å². The summed E-state index contributed by atoms with van der Waals surface area (Å²) >= 11 is 6.95. The lowest BCUT2D eigenvalue weighted by atomic mass is 10.0. The van der Waals surface area contributed by atoms with Crippen molar-refractivity contribution in [3.05, 3.63) is 26.9 Å². The van der Waals surface area contributed by atoms with Crippen LogP contribution in [-0.2, 0) is 6.54 Å². The molecule has 0 aromatic carbocycles. The third kappa shape index (κ3) is 6.34. The molecular weight excluding hydrogens is 370 g/mol. The van der Waals surface area contributed by atoms with E-state index in [2.05, 4.69) is 75.0 Å². The van der Waals surface area contributed by atoms with Crippen molar-refractivity contribution in [2.75, 3.05) is 20.6 Å². The Bertz CT molecular complexity index is 394. The van der Waals surface area contributed by atoms with Gasteiger partial charge in [0.2, 0.25) is 0 Å². The van der Waals surface area contributed by atoms with Crippen molar-refractivity contribution in [3.63, 3.8) is 0 Å². The molecule has 5 heteroatoms. The molecule has 1 aromatic rings. The van der Waals surface area contributed by atoms with Crippen molar-refractivity contribution in [2.45, 2.75) is 32.9 Å². The van der Waals surface area contributed by atoms with Crippen molar-refractivity contribution in [2.24, 2.45) is 5.92 Å². The summed E-state index contributed by atoms with van der Waals surface area (Å²) in [6.45, 7) is 6.30. The van der Waals surface area contributed by atoms with Crippen molar-refractivity contribution < 1.29 is 0 Å². The molecule has 1 N–H and O–H groups in total. The van der Waals surface area contributed by atoms with Gasteiger partial charge in [0.1, 0.15) is 0 Å². The third-order valence-electron chi connectivity index (χ3n) is 3.03. The lowest BCUT2D eigenvalue weighted by Gasteiger charge is -2.26. The number of likely N-dealkylation sites (N-methyl/N-ethyl adjacent to an activating group) is 1. The zero-order chi connectivity index (χ0) is 14.4. The summed E-state index contributed by atoms with van der Waals surface area (Å²) in [5.41, 5.74) is 1.05. The summed E-state index contributed by atoms with van der Waals surface area (Å²) in [7, 11) is 4.28. The van der Waals surface area contributed by atoms with Crippen LogP contribution in [0.4, 0.5) is 0 Å². The van der Waals surface area contributed by atoms with Crippen LogP contribution in [0, 0.1) is 5.92 Å². The number of rotatable bonds is 7. The maximum Gasteiger partial charge on any atom is 0.0684 e. The Labute approximate surface area is 133 Å². The van der Waals surface area contributed by atoms with E-state index >= 15 is 0 Å². The van der Waals surface area contributed by atoms with Crippen molar-refractivity contribution >= 4 is 31.9 Å². The van der Waals surface area contributed by atoms with Crippen LogP contribution in [0.3, 0.4) is 0 Å². The molecule has 1 aromatic heterocycles. The van der Waals surface area contributed by atoms with Crippen LogP contribution in [0.2, 0.25) is 0 Å². The molecule has 1 heterocycles. The molecule has 0 fully saturated rings. The first-order valence-corrected chi connectivity index (χ1v) is 8.15. The molecule has 19 heavy (non-hydrogen) atoms. The average molecular weight is 393 g/mol. The molecule has 1 rings (SSSR count). The second-order valence-electron chi connectivity index (χ2n) is 5.46. The van der Waals surface area contributed by atoms with E-state index in [1.165, 1.54) is 6.42 Å². The van der Waals surface area contributed by atoms with E-state index in [0.29, 0.717) is 12.0 Å². The van der Waals surface area contributed by atoms with Crippen LogP contribution in [0.1, 0.15) is 26.0 Å². The predicted octanol–water partition coefficient (Wildman–Crippen LogP) is 3.67. The zero-order valence-corrected chi connectivity index (χ0v) is 15.3. The third-order valence-corrected chi connectivity index (χ3v) is 4.15. The topological polar surface area (TPSA) is 28.2 Å². The smallest absolute Gasteiger partial charge is 0.0684 e. The van der Waals surface area contributed by atoms with E-state index in [-0.39, 0.29) is 0 Å². The molecule has 108 valence electrons. The SMILES string of the molecule is CC(C)CC(CNCc1ncc(Br)cc1Br)N(C)C. The highest BCUT2D eigenvalue weighted by Crippen LogP contribution is 2.19. The van der Waals surface area contributed by atoms with Crippen LogP contribution < -0.4 is 5.32 Å². The van der Waals surface area contributed by atoms with Crippen LogP contribution in [0.25, 0.3) is 0 Å². The minimum atomic E-state index is 0.564. The number of nitrogens with zero attached hydrogens (tertiary/aromatic N) is 2. The van der Waals surface area contributed by atoms with Gasteiger partial charge in [-0.1, -0.05) is 13.8 Å². The van der Waals surface area contributed by atoms with Gasteiger partial charge in [-0.2, -0.15) is 0 Å². The zero-order valence-electron chi connectivity index (χ0n) is 12.1. The average Bonchev–Trinajstić information content (AvgIpc) is 2.29. The Morgan fingerprint density at radius 1 is 1.32 bits per heavy atom. The summed E-state index contributed by atoms with van der Waals surface area (Å²) in [5.74, 6) is 0.715. The Morgan fingerprint density at radius 2 is 2.00 bits per heavy atom. The first-order chi connectivity index (χ1) is 8.90. The molecule has 1 atom stereocenters. The summed E-state index contributed by atoms with van der Waals surface area (Å²) in [6, 6.07) is 2.59. The van der Waals surface area contributed by atoms with E-state index in [1.54, 1.807) is 0 Å². The number of aromatic nitrogens is 1. The fourth-order valence-corrected chi connectivity index (χ4v) is 3.08. The highest BCUT2D eigenvalue weighted by molar-refractivity contribution is 9.11. The van der Waals surface area contributed by atoms with Gasteiger partial charge >= 0.3 is 0 Å². The van der Waals surface area contributed by atoms with Crippen LogP contribution in [-0.4, -0.2) is 36.6 Å². The number of nitrogens with one attached hydrogen (secondary N) is 1. The lowest BCUT2D eigenvalue weighted by Crippen LogP contribution is -2.38. The highest BCUT2D eigenvalue weighted by Gasteiger charge is 2.13. The molecule has 3 nitrogen and oxygen atoms in total. The molecule has 0 aliphatic rings. The van der Waals surface area contributed by atoms with Crippen molar-refractivity contribution in [1.82, 2.24) is 15.2 Å². The minimum Gasteiger partial charge on any atom is -0.310 e. The maximum atomic E-state index is 4.41. The normalized spacial score (nSPS) is 13.3. The van der Waals surface area contributed by atoms with Crippen molar-refractivity contribution in [3.8, 4) is 0 Å². The lowest BCUT2D eigenvalue weighted by molar-refractivity contribution is 0.246. The van der Waals surface area contributed by atoms with Gasteiger partial charge in [-0.05, 0) is 64.4 Å². The molecule has 0 bridgehead atoms. The van der Waals surface area contributed by atoms with Crippen molar-refractivity contribution in [1.29, 1.82) is 0 Å². The van der Waals surface area contributed by atoms with Gasteiger partial charge in [0.15, 0.2) is 0 Å². The number of hydrogen-bond donors (Lipinski definition) is 1. The fraction of sp³-hybridized carbons (Fsp3) is 0.643. The molecule has 0 saturated carbocycles. The van der Waals surface area contributed by atoms with Gasteiger partial charge in [0, 0.05) is 34.3 Å². The molecule has 0 amide bonds. The van der Waals surface area contributed by atoms with Gasteiger partial charge in [0.25, 0.3) is 0 Å². The minimum absolute atomic E-state index is 0.564. The standard InChI is InChI=1S/C14H23Br2N3/c1-10(2)5-12(19(3)4)8-17-9-14-13(16)6-11(15)7-18-14/h6-7,10,12,17H,5,8-9H2,1-4H3. The molecule has 0 radical (unpaired) electrons. The van der Waals surface area contributed by atoms with Crippen LogP contribution in [0.15, 0.2) is 21.2 Å². The first-order valence-electron chi connectivity index (χ1n) is 6.57. The Balaban J connectivity index is 2.47. The van der Waals surface area contributed by atoms with E-state index < -0.39 is 0 Å². The highest BCUT2D eigenvalue weighted by atomic mass is 79.9. The van der Waals surface area contributed by atoms with Gasteiger partial charge in [-0.25, -0.2) is 0 Å². The van der Waals surface area contributed by atoms with Gasteiger partial charge < -0.3 is 10.2 Å². The molecule has 1 unspecified atom stereocenters. The molecule has 0 spiro atoms. The quantitative estimate of drug-likeness (QED) is 0.767.